The lowest BCUT2D eigenvalue weighted by atomic mass is 10.5. The number of halogens is 2. The molecule has 1 heterocycles. The lowest BCUT2D eigenvalue weighted by Gasteiger charge is -1.98. The van der Waals surface area contributed by atoms with Gasteiger partial charge in [-0.3, -0.25) is 4.68 Å². The summed E-state index contributed by atoms with van der Waals surface area (Å²) in [6.45, 7) is 1.12. The molecule has 0 aliphatic heterocycles. The first-order valence-electron chi connectivity index (χ1n) is 3.72. The number of hydrogen-bond acceptors (Lipinski definition) is 3. The molecule has 0 bridgehead atoms. The molecular formula is C7H10Cl2N4. The topological polar surface area (TPSA) is 42.7 Å². The van der Waals surface area contributed by atoms with Crippen molar-refractivity contribution >= 4 is 23.2 Å². The van der Waals surface area contributed by atoms with Gasteiger partial charge in [0.1, 0.15) is 6.33 Å². The first-order valence-corrected chi connectivity index (χ1v) is 4.54. The van der Waals surface area contributed by atoms with E-state index in [0.717, 1.165) is 5.82 Å². The van der Waals surface area contributed by atoms with Crippen LogP contribution in [0.2, 0.25) is 0 Å². The molecule has 4 nitrogen and oxygen atoms in total. The zero-order valence-corrected chi connectivity index (χ0v) is 8.68. The standard InChI is InChI=1S/C7H10Cl2N4/c1-13-5-11-7(12-13)4-10-3-6(9)2-8/h2,5,10H,3-4H2,1H3. The van der Waals surface area contributed by atoms with Crippen LogP contribution < -0.4 is 5.32 Å². The normalized spacial score (nSPS) is 12.1. The van der Waals surface area contributed by atoms with Crippen molar-refractivity contribution in [2.24, 2.45) is 7.05 Å². The van der Waals surface area contributed by atoms with Crippen LogP contribution >= 0.6 is 23.2 Å². The molecule has 0 aliphatic rings. The zero-order chi connectivity index (χ0) is 9.68. The molecule has 1 aromatic heterocycles. The molecule has 0 amide bonds. The molecule has 1 N–H and O–H groups in total. The summed E-state index contributed by atoms with van der Waals surface area (Å²) < 4.78 is 1.65. The Labute approximate surface area is 86.5 Å². The van der Waals surface area contributed by atoms with Gasteiger partial charge in [-0.15, -0.1) is 0 Å². The third-order valence-corrected chi connectivity index (χ3v) is 1.96. The second-order valence-electron chi connectivity index (χ2n) is 2.49. The Balaban J connectivity index is 2.28. The highest BCUT2D eigenvalue weighted by Gasteiger charge is 1.97. The van der Waals surface area contributed by atoms with E-state index in [9.17, 15) is 0 Å². The number of nitrogens with one attached hydrogen (secondary N) is 1. The van der Waals surface area contributed by atoms with Gasteiger partial charge in [0.2, 0.25) is 0 Å². The Morgan fingerprint density at radius 1 is 1.77 bits per heavy atom. The Bertz CT molecular complexity index is 294. The molecule has 13 heavy (non-hydrogen) atoms. The summed E-state index contributed by atoms with van der Waals surface area (Å²) in [5.74, 6) is 0.738. The predicted molar refractivity (Wildman–Crippen MR) is 52.5 cm³/mol. The summed E-state index contributed by atoms with van der Waals surface area (Å²) in [6, 6.07) is 0. The summed E-state index contributed by atoms with van der Waals surface area (Å²) in [6.07, 6.45) is 1.65. The van der Waals surface area contributed by atoms with Crippen LogP contribution in [0.3, 0.4) is 0 Å². The predicted octanol–water partition coefficient (Wildman–Crippen LogP) is 1.22. The SMILES string of the molecule is Cn1cnc(CNCC(Cl)=CCl)n1. The maximum Gasteiger partial charge on any atom is 0.164 e. The smallest absolute Gasteiger partial charge is 0.164 e. The van der Waals surface area contributed by atoms with E-state index in [4.69, 9.17) is 23.2 Å². The van der Waals surface area contributed by atoms with Crippen LogP contribution in [0.5, 0.6) is 0 Å². The third kappa shape index (κ3) is 3.76. The minimum absolute atomic E-state index is 0.531. The average Bonchev–Trinajstić information content (AvgIpc) is 2.51. The number of rotatable bonds is 4. The summed E-state index contributed by atoms with van der Waals surface area (Å²) >= 11 is 11.0. The largest absolute Gasteiger partial charge is 0.305 e. The van der Waals surface area contributed by atoms with Crippen LogP contribution in [0.1, 0.15) is 5.82 Å². The minimum Gasteiger partial charge on any atom is -0.305 e. The molecule has 0 aromatic carbocycles. The van der Waals surface area contributed by atoms with E-state index in [1.807, 2.05) is 7.05 Å². The van der Waals surface area contributed by atoms with Crippen LogP contribution in [0.25, 0.3) is 0 Å². The number of hydrogen-bond donors (Lipinski definition) is 1. The zero-order valence-electron chi connectivity index (χ0n) is 7.17. The fraction of sp³-hybridized carbons (Fsp3) is 0.429. The van der Waals surface area contributed by atoms with E-state index in [0.29, 0.717) is 18.1 Å². The van der Waals surface area contributed by atoms with Crippen molar-refractivity contribution in [2.45, 2.75) is 6.54 Å². The highest BCUT2D eigenvalue weighted by Crippen LogP contribution is 2.00. The molecule has 6 heteroatoms. The summed E-state index contributed by atoms with van der Waals surface area (Å²) in [7, 11) is 1.82. The van der Waals surface area contributed by atoms with Crippen molar-refractivity contribution in [3.63, 3.8) is 0 Å². The molecule has 0 atom stereocenters. The molecule has 0 fully saturated rings. The van der Waals surface area contributed by atoms with Gasteiger partial charge >= 0.3 is 0 Å². The maximum absolute atomic E-state index is 5.66. The van der Waals surface area contributed by atoms with Gasteiger partial charge in [0.25, 0.3) is 0 Å². The van der Waals surface area contributed by atoms with Crippen LogP contribution in [-0.4, -0.2) is 21.3 Å². The summed E-state index contributed by atoms with van der Waals surface area (Å²) in [5, 5.41) is 7.69. The monoisotopic (exact) mass is 220 g/mol. The Kier molecular flexibility index (Phi) is 4.21. The van der Waals surface area contributed by atoms with Gasteiger partial charge in [-0.2, -0.15) is 5.10 Å². The molecule has 0 unspecified atom stereocenters. The molecule has 0 saturated heterocycles. The maximum atomic E-state index is 5.66. The first kappa shape index (κ1) is 10.5. The van der Waals surface area contributed by atoms with E-state index in [1.54, 1.807) is 11.0 Å². The van der Waals surface area contributed by atoms with E-state index in [-0.39, 0.29) is 0 Å². The number of nitrogens with zero attached hydrogens (tertiary/aromatic N) is 3. The van der Waals surface area contributed by atoms with Gasteiger partial charge < -0.3 is 5.32 Å². The Hall–Kier alpha value is -0.580. The van der Waals surface area contributed by atoms with E-state index < -0.39 is 0 Å². The van der Waals surface area contributed by atoms with Crippen LogP contribution in [0, 0.1) is 0 Å². The minimum atomic E-state index is 0.531. The van der Waals surface area contributed by atoms with Gasteiger partial charge in [0, 0.05) is 24.2 Å². The quantitative estimate of drug-likeness (QED) is 0.831. The van der Waals surface area contributed by atoms with E-state index in [1.165, 1.54) is 5.54 Å². The molecule has 72 valence electrons. The fourth-order valence-corrected chi connectivity index (χ4v) is 0.969. The summed E-state index contributed by atoms with van der Waals surface area (Å²) in [5.41, 5.74) is 1.33. The van der Waals surface area contributed by atoms with Crippen molar-refractivity contribution in [3.05, 3.63) is 22.7 Å². The highest BCUT2D eigenvalue weighted by molar-refractivity contribution is 6.36. The van der Waals surface area contributed by atoms with Gasteiger partial charge in [-0.1, -0.05) is 23.2 Å². The Morgan fingerprint density at radius 3 is 3.08 bits per heavy atom. The van der Waals surface area contributed by atoms with Crippen molar-refractivity contribution in [1.82, 2.24) is 20.1 Å². The molecule has 0 spiro atoms. The number of aromatic nitrogens is 3. The van der Waals surface area contributed by atoms with Gasteiger partial charge in [0.05, 0.1) is 6.54 Å². The van der Waals surface area contributed by atoms with Gasteiger partial charge in [-0.25, -0.2) is 4.98 Å². The number of aryl methyl sites for hydroxylation is 1. The summed E-state index contributed by atoms with van der Waals surface area (Å²) in [4.78, 5) is 4.03. The van der Waals surface area contributed by atoms with Crippen LogP contribution in [0.15, 0.2) is 16.9 Å². The lowest BCUT2D eigenvalue weighted by Crippen LogP contribution is -2.15. The van der Waals surface area contributed by atoms with Crippen molar-refractivity contribution in [1.29, 1.82) is 0 Å². The van der Waals surface area contributed by atoms with Crippen molar-refractivity contribution < 1.29 is 0 Å². The molecule has 1 aromatic rings. The highest BCUT2D eigenvalue weighted by atomic mass is 35.5. The average molecular weight is 221 g/mol. The fourth-order valence-electron chi connectivity index (χ4n) is 0.797. The van der Waals surface area contributed by atoms with Crippen molar-refractivity contribution in [2.75, 3.05) is 6.54 Å². The van der Waals surface area contributed by atoms with E-state index >= 15 is 0 Å². The van der Waals surface area contributed by atoms with E-state index in [2.05, 4.69) is 15.4 Å². The Morgan fingerprint density at radius 2 is 2.54 bits per heavy atom. The molecule has 0 saturated carbocycles. The molecule has 0 radical (unpaired) electrons. The van der Waals surface area contributed by atoms with Gasteiger partial charge in [0.15, 0.2) is 5.82 Å². The molecule has 0 aliphatic carbocycles. The van der Waals surface area contributed by atoms with Crippen molar-refractivity contribution in [3.8, 4) is 0 Å². The third-order valence-electron chi connectivity index (χ3n) is 1.34. The molecular weight excluding hydrogens is 211 g/mol. The lowest BCUT2D eigenvalue weighted by molar-refractivity contribution is 0.685. The second kappa shape index (κ2) is 5.21. The van der Waals surface area contributed by atoms with Crippen LogP contribution in [0.4, 0.5) is 0 Å². The second-order valence-corrected chi connectivity index (χ2v) is 3.20. The first-order chi connectivity index (χ1) is 6.22. The molecule has 1 rings (SSSR count). The van der Waals surface area contributed by atoms with Gasteiger partial charge in [-0.05, 0) is 0 Å². The van der Waals surface area contributed by atoms with Crippen LogP contribution in [-0.2, 0) is 13.6 Å².